The summed E-state index contributed by atoms with van der Waals surface area (Å²) in [7, 11) is 2.18. The lowest BCUT2D eigenvalue weighted by molar-refractivity contribution is 0.0924. The highest BCUT2D eigenvalue weighted by Crippen LogP contribution is 2.17. The summed E-state index contributed by atoms with van der Waals surface area (Å²) in [6.07, 6.45) is 0. The van der Waals surface area contributed by atoms with Gasteiger partial charge in [0, 0.05) is 64.1 Å². The fourth-order valence-corrected chi connectivity index (χ4v) is 4.03. The summed E-state index contributed by atoms with van der Waals surface area (Å²) in [5, 5.41) is 0. The summed E-state index contributed by atoms with van der Waals surface area (Å²) in [6, 6.07) is 7.15. The topological polar surface area (TPSA) is 51.3 Å². The minimum atomic E-state index is -0.196. The van der Waals surface area contributed by atoms with E-state index in [1.807, 2.05) is 12.1 Å². The van der Waals surface area contributed by atoms with Crippen LogP contribution in [0, 0.1) is 11.7 Å². The first-order valence-corrected chi connectivity index (χ1v) is 10.4. The average Bonchev–Trinajstić information content (AvgIpc) is 2.70. The Morgan fingerprint density at radius 3 is 2.14 bits per heavy atom. The Labute approximate surface area is 191 Å². The number of halogens is 2. The van der Waals surface area contributed by atoms with Crippen LogP contribution in [-0.4, -0.2) is 92.7 Å². The second-order valence-electron chi connectivity index (χ2n) is 8.30. The Bertz CT molecular complexity index is 637. The molecule has 2 saturated heterocycles. The Balaban J connectivity index is 0.00000300. The number of nitrogens with two attached hydrogens (primary N) is 1. The number of hydrogen-bond acceptors (Lipinski definition) is 4. The van der Waals surface area contributed by atoms with Crippen LogP contribution in [0.1, 0.15) is 13.8 Å². The molecule has 2 fully saturated rings. The molecule has 0 aromatic heterocycles. The monoisotopic (exact) mass is 518 g/mol. The number of anilines is 1. The minimum Gasteiger partial charge on any atom is -0.370 e. The predicted molar refractivity (Wildman–Crippen MR) is 130 cm³/mol. The molecule has 2 heterocycles. The Kier molecular flexibility index (Phi) is 9.42. The third-order valence-corrected chi connectivity index (χ3v) is 6.01. The maximum atomic E-state index is 13.1. The van der Waals surface area contributed by atoms with Crippen molar-refractivity contribution in [3.8, 4) is 0 Å². The van der Waals surface area contributed by atoms with Crippen molar-refractivity contribution < 1.29 is 4.39 Å². The number of guanidine groups is 1. The predicted octanol–water partition coefficient (Wildman–Crippen LogP) is 2.15. The van der Waals surface area contributed by atoms with E-state index in [1.165, 1.54) is 12.1 Å². The minimum absolute atomic E-state index is 0. The molecule has 2 aliphatic rings. The summed E-state index contributed by atoms with van der Waals surface area (Å²) < 4.78 is 13.1. The van der Waals surface area contributed by atoms with Crippen molar-refractivity contribution in [3.63, 3.8) is 0 Å². The van der Waals surface area contributed by atoms with Gasteiger partial charge in [0.15, 0.2) is 5.96 Å². The van der Waals surface area contributed by atoms with Gasteiger partial charge in [0.05, 0.1) is 6.54 Å². The molecule has 164 valence electrons. The summed E-state index contributed by atoms with van der Waals surface area (Å²) in [5.41, 5.74) is 7.40. The summed E-state index contributed by atoms with van der Waals surface area (Å²) in [5.74, 6) is 1.01. The molecule has 1 atom stereocenters. The first kappa shape index (κ1) is 24.1. The second-order valence-corrected chi connectivity index (χ2v) is 8.30. The SMILES string of the molecule is CC(C)C(CN=C(N)N1CCN(c2ccc(F)cc2)CC1)N1CCN(C)CC1.I. The normalized spacial score (nSPS) is 20.7. The van der Waals surface area contributed by atoms with Crippen LogP contribution in [0.5, 0.6) is 0 Å². The van der Waals surface area contributed by atoms with E-state index in [0.29, 0.717) is 17.9 Å². The Morgan fingerprint density at radius 1 is 1.00 bits per heavy atom. The van der Waals surface area contributed by atoms with E-state index in [4.69, 9.17) is 10.7 Å². The number of aliphatic imine (C=N–C) groups is 1. The van der Waals surface area contributed by atoms with E-state index in [-0.39, 0.29) is 29.8 Å². The molecule has 6 nitrogen and oxygen atoms in total. The average molecular weight is 518 g/mol. The lowest BCUT2D eigenvalue weighted by atomic mass is 10.0. The summed E-state index contributed by atoms with van der Waals surface area (Å²) in [6.45, 7) is 13.2. The van der Waals surface area contributed by atoms with Crippen LogP contribution in [0.25, 0.3) is 0 Å². The highest BCUT2D eigenvalue weighted by Gasteiger charge is 2.25. The van der Waals surface area contributed by atoms with Gasteiger partial charge in [-0.25, -0.2) is 4.39 Å². The van der Waals surface area contributed by atoms with Crippen LogP contribution in [0.2, 0.25) is 0 Å². The maximum absolute atomic E-state index is 13.1. The van der Waals surface area contributed by atoms with E-state index in [2.05, 4.69) is 40.5 Å². The van der Waals surface area contributed by atoms with Gasteiger partial charge in [0.1, 0.15) is 5.82 Å². The van der Waals surface area contributed by atoms with Crippen molar-refractivity contribution in [1.29, 1.82) is 0 Å². The highest BCUT2D eigenvalue weighted by molar-refractivity contribution is 14.0. The highest BCUT2D eigenvalue weighted by atomic mass is 127. The lowest BCUT2D eigenvalue weighted by Crippen LogP contribution is -2.53. The molecular formula is C21H36FIN6. The molecule has 1 aromatic carbocycles. The van der Waals surface area contributed by atoms with E-state index in [9.17, 15) is 4.39 Å². The first-order valence-electron chi connectivity index (χ1n) is 10.4. The van der Waals surface area contributed by atoms with Gasteiger partial charge < -0.3 is 20.4 Å². The van der Waals surface area contributed by atoms with Crippen LogP contribution < -0.4 is 10.6 Å². The van der Waals surface area contributed by atoms with Gasteiger partial charge in [-0.05, 0) is 37.2 Å². The van der Waals surface area contributed by atoms with Crippen molar-refractivity contribution in [2.75, 3.05) is 70.9 Å². The molecule has 0 aliphatic carbocycles. The molecule has 2 N–H and O–H groups in total. The van der Waals surface area contributed by atoms with Gasteiger partial charge in [-0.3, -0.25) is 9.89 Å². The molecule has 1 unspecified atom stereocenters. The number of benzene rings is 1. The molecule has 2 aliphatic heterocycles. The smallest absolute Gasteiger partial charge is 0.191 e. The molecule has 0 bridgehead atoms. The quantitative estimate of drug-likeness (QED) is 0.368. The zero-order valence-electron chi connectivity index (χ0n) is 17.9. The van der Waals surface area contributed by atoms with Crippen molar-refractivity contribution in [1.82, 2.24) is 14.7 Å². The second kappa shape index (κ2) is 11.3. The van der Waals surface area contributed by atoms with Crippen molar-refractivity contribution in [2.45, 2.75) is 19.9 Å². The van der Waals surface area contributed by atoms with E-state index < -0.39 is 0 Å². The van der Waals surface area contributed by atoms with E-state index >= 15 is 0 Å². The molecular weight excluding hydrogens is 482 g/mol. The molecule has 3 rings (SSSR count). The van der Waals surface area contributed by atoms with Crippen LogP contribution in [0.4, 0.5) is 10.1 Å². The van der Waals surface area contributed by atoms with Crippen LogP contribution in [0.15, 0.2) is 29.3 Å². The fourth-order valence-electron chi connectivity index (χ4n) is 4.03. The third kappa shape index (κ3) is 6.68. The Morgan fingerprint density at radius 2 is 1.59 bits per heavy atom. The lowest BCUT2D eigenvalue weighted by Gasteiger charge is -2.39. The third-order valence-electron chi connectivity index (χ3n) is 6.01. The zero-order chi connectivity index (χ0) is 20.1. The molecule has 0 saturated carbocycles. The molecule has 29 heavy (non-hydrogen) atoms. The number of hydrogen-bond donors (Lipinski definition) is 1. The van der Waals surface area contributed by atoms with Crippen molar-refractivity contribution in [2.24, 2.45) is 16.6 Å². The maximum Gasteiger partial charge on any atom is 0.191 e. The number of rotatable bonds is 5. The van der Waals surface area contributed by atoms with Gasteiger partial charge in [0.25, 0.3) is 0 Å². The van der Waals surface area contributed by atoms with Gasteiger partial charge >= 0.3 is 0 Å². The molecule has 0 radical (unpaired) electrons. The molecule has 0 spiro atoms. The number of likely N-dealkylation sites (N-methyl/N-ethyl adjacent to an activating group) is 1. The standard InChI is InChI=1S/C21H35FN6.HI/c1-17(2)20(27-10-8-25(3)9-11-27)16-24-21(23)28-14-12-26(13-15-28)19-6-4-18(22)5-7-19;/h4-7,17,20H,8-16H2,1-3H3,(H2,23,24);1H. The van der Waals surface area contributed by atoms with Crippen molar-refractivity contribution in [3.05, 3.63) is 30.1 Å². The van der Waals surface area contributed by atoms with Crippen LogP contribution >= 0.6 is 24.0 Å². The van der Waals surface area contributed by atoms with Gasteiger partial charge in [0.2, 0.25) is 0 Å². The molecule has 8 heteroatoms. The van der Waals surface area contributed by atoms with Crippen molar-refractivity contribution >= 4 is 35.6 Å². The largest absolute Gasteiger partial charge is 0.370 e. The van der Waals surface area contributed by atoms with E-state index in [0.717, 1.165) is 64.6 Å². The van der Waals surface area contributed by atoms with Gasteiger partial charge in [-0.15, -0.1) is 24.0 Å². The molecule has 1 aromatic rings. The van der Waals surface area contributed by atoms with Gasteiger partial charge in [-0.1, -0.05) is 13.8 Å². The van der Waals surface area contributed by atoms with Crippen LogP contribution in [0.3, 0.4) is 0 Å². The Hall–Kier alpha value is -1.13. The molecule has 0 amide bonds. The van der Waals surface area contributed by atoms with Crippen LogP contribution in [-0.2, 0) is 0 Å². The zero-order valence-corrected chi connectivity index (χ0v) is 20.3. The number of nitrogens with zero attached hydrogens (tertiary/aromatic N) is 5. The summed E-state index contributed by atoms with van der Waals surface area (Å²) >= 11 is 0. The fraction of sp³-hybridized carbons (Fsp3) is 0.667. The number of piperazine rings is 2. The van der Waals surface area contributed by atoms with E-state index in [1.54, 1.807) is 0 Å². The van der Waals surface area contributed by atoms with Gasteiger partial charge in [-0.2, -0.15) is 0 Å². The first-order chi connectivity index (χ1) is 13.4. The summed E-state index contributed by atoms with van der Waals surface area (Å²) in [4.78, 5) is 14.2.